The number of hydrogen-bond acceptors (Lipinski definition) is 4. The summed E-state index contributed by atoms with van der Waals surface area (Å²) in [5.41, 5.74) is 1.60. The van der Waals surface area contributed by atoms with Gasteiger partial charge in [0.15, 0.2) is 0 Å². The molecule has 1 N–H and O–H groups in total. The second-order valence-corrected chi connectivity index (χ2v) is 10.9. The summed E-state index contributed by atoms with van der Waals surface area (Å²) in [5, 5.41) is 2.75. The number of rotatable bonds is 10. The molecule has 2 aromatic rings. The van der Waals surface area contributed by atoms with E-state index in [2.05, 4.69) is 5.32 Å². The number of amides is 2. The quantitative estimate of drug-likeness (QED) is 0.550. The van der Waals surface area contributed by atoms with Gasteiger partial charge in [0.25, 0.3) is 0 Å². The predicted molar refractivity (Wildman–Crippen MR) is 132 cm³/mol. The number of sulfonamides is 1. The van der Waals surface area contributed by atoms with E-state index in [0.29, 0.717) is 5.69 Å². The molecular formula is C25H34FN3O4S. The van der Waals surface area contributed by atoms with Gasteiger partial charge in [-0.1, -0.05) is 44.2 Å². The number of nitrogens with one attached hydrogen (secondary N) is 1. The maximum atomic E-state index is 14.4. The summed E-state index contributed by atoms with van der Waals surface area (Å²) in [7, 11) is -3.81. The number of nitrogens with zero attached hydrogens (tertiary/aromatic N) is 2. The molecule has 1 atom stereocenters. The smallest absolute Gasteiger partial charge is 0.244 e. The minimum absolute atomic E-state index is 0.160. The van der Waals surface area contributed by atoms with Gasteiger partial charge in [0.05, 0.1) is 11.9 Å². The third kappa shape index (κ3) is 7.28. The zero-order chi connectivity index (χ0) is 25.6. The van der Waals surface area contributed by atoms with Crippen LogP contribution in [0.1, 0.15) is 51.7 Å². The average molecular weight is 492 g/mol. The van der Waals surface area contributed by atoms with Crippen molar-refractivity contribution in [3.05, 3.63) is 65.5 Å². The van der Waals surface area contributed by atoms with Gasteiger partial charge in [0.2, 0.25) is 21.8 Å². The first kappa shape index (κ1) is 27.3. The van der Waals surface area contributed by atoms with E-state index in [0.717, 1.165) is 16.1 Å². The molecular weight excluding hydrogens is 457 g/mol. The van der Waals surface area contributed by atoms with E-state index in [-0.39, 0.29) is 24.1 Å². The SMILES string of the molecule is CC(C)NC(=O)C(C)N(Cc1ccccc1F)C(=O)CN(c1ccc(C(C)C)cc1)S(C)(=O)=O. The van der Waals surface area contributed by atoms with Crippen molar-refractivity contribution in [3.8, 4) is 0 Å². The molecule has 7 nitrogen and oxygen atoms in total. The van der Waals surface area contributed by atoms with Crippen molar-refractivity contribution >= 4 is 27.5 Å². The van der Waals surface area contributed by atoms with Crippen LogP contribution in [0.5, 0.6) is 0 Å². The van der Waals surface area contributed by atoms with E-state index in [9.17, 15) is 22.4 Å². The molecule has 0 aliphatic heterocycles. The average Bonchev–Trinajstić information content (AvgIpc) is 2.75. The van der Waals surface area contributed by atoms with Gasteiger partial charge in [-0.2, -0.15) is 0 Å². The molecule has 9 heteroatoms. The summed E-state index contributed by atoms with van der Waals surface area (Å²) >= 11 is 0. The molecule has 1 unspecified atom stereocenters. The normalized spacial score (nSPS) is 12.5. The Morgan fingerprint density at radius 2 is 1.56 bits per heavy atom. The van der Waals surface area contributed by atoms with Crippen LogP contribution in [0.2, 0.25) is 0 Å². The molecule has 0 saturated carbocycles. The van der Waals surface area contributed by atoms with Gasteiger partial charge in [0, 0.05) is 18.2 Å². The Bertz CT molecular complexity index is 1100. The highest BCUT2D eigenvalue weighted by molar-refractivity contribution is 7.92. The van der Waals surface area contributed by atoms with Gasteiger partial charge >= 0.3 is 0 Å². The first-order valence-electron chi connectivity index (χ1n) is 11.2. The monoisotopic (exact) mass is 491 g/mol. The van der Waals surface area contributed by atoms with Gasteiger partial charge < -0.3 is 10.2 Å². The summed E-state index contributed by atoms with van der Waals surface area (Å²) in [6.07, 6.45) is 1.02. The minimum atomic E-state index is -3.81. The maximum Gasteiger partial charge on any atom is 0.244 e. The summed E-state index contributed by atoms with van der Waals surface area (Å²) in [5.74, 6) is -1.28. The third-order valence-corrected chi connectivity index (χ3v) is 6.56. The van der Waals surface area contributed by atoms with Crippen molar-refractivity contribution in [2.75, 3.05) is 17.1 Å². The summed E-state index contributed by atoms with van der Waals surface area (Å²) in [6.45, 7) is 8.47. The molecule has 0 spiro atoms. The zero-order valence-corrected chi connectivity index (χ0v) is 21.4. The van der Waals surface area contributed by atoms with E-state index in [1.54, 1.807) is 39.0 Å². The number of carbonyl (C=O) groups is 2. The summed E-state index contributed by atoms with van der Waals surface area (Å²) in [4.78, 5) is 27.3. The van der Waals surface area contributed by atoms with E-state index < -0.39 is 40.2 Å². The summed E-state index contributed by atoms with van der Waals surface area (Å²) < 4.78 is 40.5. The Morgan fingerprint density at radius 3 is 2.06 bits per heavy atom. The fraction of sp³-hybridized carbons (Fsp3) is 0.440. The molecule has 0 aliphatic rings. The molecule has 0 aromatic heterocycles. The molecule has 0 heterocycles. The molecule has 0 bridgehead atoms. The van der Waals surface area contributed by atoms with E-state index in [1.807, 2.05) is 26.0 Å². The van der Waals surface area contributed by atoms with Gasteiger partial charge in [-0.05, 0) is 50.5 Å². The van der Waals surface area contributed by atoms with Crippen molar-refractivity contribution in [2.45, 2.75) is 59.2 Å². The first-order chi connectivity index (χ1) is 15.8. The highest BCUT2D eigenvalue weighted by atomic mass is 32.2. The number of halogens is 1. The predicted octanol–water partition coefficient (Wildman–Crippen LogP) is 3.66. The van der Waals surface area contributed by atoms with Crippen LogP contribution in [0.25, 0.3) is 0 Å². The molecule has 0 aliphatic carbocycles. The van der Waals surface area contributed by atoms with Crippen molar-refractivity contribution < 1.29 is 22.4 Å². The Labute approximate surface area is 202 Å². The lowest BCUT2D eigenvalue weighted by Crippen LogP contribution is -2.52. The van der Waals surface area contributed by atoms with Gasteiger partial charge in [-0.15, -0.1) is 0 Å². The van der Waals surface area contributed by atoms with Crippen molar-refractivity contribution in [2.24, 2.45) is 0 Å². The van der Waals surface area contributed by atoms with Crippen molar-refractivity contribution in [1.82, 2.24) is 10.2 Å². The molecule has 186 valence electrons. The number of benzene rings is 2. The Kier molecular flexibility index (Phi) is 9.21. The van der Waals surface area contributed by atoms with Crippen LogP contribution in [0.15, 0.2) is 48.5 Å². The molecule has 34 heavy (non-hydrogen) atoms. The van der Waals surface area contributed by atoms with Crippen LogP contribution in [-0.4, -0.2) is 50.0 Å². The van der Waals surface area contributed by atoms with Crippen LogP contribution in [0, 0.1) is 5.82 Å². The molecule has 2 rings (SSSR count). The standard InChI is InChI=1S/C25H34FN3O4S/c1-17(2)20-11-13-22(14-12-20)29(34(6,32)33)16-24(30)28(19(5)25(31)27-18(3)4)15-21-9-7-8-10-23(21)26/h7-14,17-19H,15-16H2,1-6H3,(H,27,31). The lowest BCUT2D eigenvalue weighted by atomic mass is 10.0. The van der Waals surface area contributed by atoms with E-state index in [4.69, 9.17) is 0 Å². The lowest BCUT2D eigenvalue weighted by molar-refractivity contribution is -0.139. The minimum Gasteiger partial charge on any atom is -0.352 e. The Morgan fingerprint density at radius 1 is 0.971 bits per heavy atom. The topological polar surface area (TPSA) is 86.8 Å². The van der Waals surface area contributed by atoms with Crippen molar-refractivity contribution in [3.63, 3.8) is 0 Å². The van der Waals surface area contributed by atoms with Gasteiger partial charge in [-0.3, -0.25) is 13.9 Å². The largest absolute Gasteiger partial charge is 0.352 e. The van der Waals surface area contributed by atoms with E-state index in [1.165, 1.54) is 23.1 Å². The second-order valence-electron chi connectivity index (χ2n) is 8.97. The number of anilines is 1. The van der Waals surface area contributed by atoms with Crippen LogP contribution < -0.4 is 9.62 Å². The molecule has 0 fully saturated rings. The van der Waals surface area contributed by atoms with E-state index >= 15 is 0 Å². The highest BCUT2D eigenvalue weighted by Gasteiger charge is 2.30. The molecule has 2 aromatic carbocycles. The highest BCUT2D eigenvalue weighted by Crippen LogP contribution is 2.23. The molecule has 2 amide bonds. The Hall–Kier alpha value is -2.94. The van der Waals surface area contributed by atoms with Gasteiger partial charge in [0.1, 0.15) is 18.4 Å². The fourth-order valence-corrected chi connectivity index (χ4v) is 4.29. The number of hydrogen-bond donors (Lipinski definition) is 1. The van der Waals surface area contributed by atoms with Crippen molar-refractivity contribution in [1.29, 1.82) is 0 Å². The molecule has 0 radical (unpaired) electrons. The second kappa shape index (κ2) is 11.5. The lowest BCUT2D eigenvalue weighted by Gasteiger charge is -2.32. The van der Waals surface area contributed by atoms with Crippen LogP contribution in [0.3, 0.4) is 0 Å². The number of carbonyl (C=O) groups excluding carboxylic acids is 2. The fourth-order valence-electron chi connectivity index (χ4n) is 3.44. The maximum absolute atomic E-state index is 14.4. The first-order valence-corrected chi connectivity index (χ1v) is 13.1. The van der Waals surface area contributed by atoms with Crippen LogP contribution >= 0.6 is 0 Å². The summed E-state index contributed by atoms with van der Waals surface area (Å²) in [6, 6.07) is 11.8. The third-order valence-electron chi connectivity index (χ3n) is 5.42. The molecule has 0 saturated heterocycles. The van der Waals surface area contributed by atoms with Crippen LogP contribution in [0.4, 0.5) is 10.1 Å². The zero-order valence-electron chi connectivity index (χ0n) is 20.6. The van der Waals surface area contributed by atoms with Crippen LogP contribution in [-0.2, 0) is 26.2 Å². The Balaban J connectivity index is 2.40. The van der Waals surface area contributed by atoms with Gasteiger partial charge in [-0.25, -0.2) is 12.8 Å².